The van der Waals surface area contributed by atoms with Gasteiger partial charge in [0.05, 0.1) is 11.0 Å². The second-order valence-corrected chi connectivity index (χ2v) is 4.80. The zero-order chi connectivity index (χ0) is 15.2. The number of benzene rings is 2. The Morgan fingerprint density at radius 1 is 0.818 bits per heavy atom. The topological polar surface area (TPSA) is 64.5 Å². The summed E-state index contributed by atoms with van der Waals surface area (Å²) in [6, 6.07) is 14.8. The van der Waals surface area contributed by atoms with Crippen molar-refractivity contribution in [3.63, 3.8) is 0 Å². The SMILES string of the molecule is OC(COc1ccccc1)COc1ccc2nccnc2c1. The van der Waals surface area contributed by atoms with Gasteiger partial charge in [-0.05, 0) is 24.3 Å². The van der Waals surface area contributed by atoms with E-state index in [0.717, 1.165) is 16.8 Å². The maximum Gasteiger partial charge on any atom is 0.122 e. The second-order valence-electron chi connectivity index (χ2n) is 4.80. The normalized spacial score (nSPS) is 12.0. The molecule has 0 saturated carbocycles. The molecule has 0 saturated heterocycles. The molecule has 0 aliphatic rings. The number of fused-ring (bicyclic) bond motifs is 1. The van der Waals surface area contributed by atoms with Crippen LogP contribution in [0.25, 0.3) is 11.0 Å². The van der Waals surface area contributed by atoms with Crippen molar-refractivity contribution in [3.8, 4) is 11.5 Å². The maximum atomic E-state index is 9.91. The molecule has 3 rings (SSSR count). The molecule has 0 bridgehead atoms. The Morgan fingerprint density at radius 3 is 2.27 bits per heavy atom. The van der Waals surface area contributed by atoms with Crippen molar-refractivity contribution < 1.29 is 14.6 Å². The lowest BCUT2D eigenvalue weighted by Gasteiger charge is -2.13. The smallest absolute Gasteiger partial charge is 0.122 e. The fraction of sp³-hybridized carbons (Fsp3) is 0.176. The van der Waals surface area contributed by atoms with Crippen LogP contribution in [-0.2, 0) is 0 Å². The van der Waals surface area contributed by atoms with Crippen LogP contribution < -0.4 is 9.47 Å². The highest BCUT2D eigenvalue weighted by atomic mass is 16.5. The Morgan fingerprint density at radius 2 is 1.50 bits per heavy atom. The lowest BCUT2D eigenvalue weighted by Crippen LogP contribution is -2.25. The summed E-state index contributed by atoms with van der Waals surface area (Å²) >= 11 is 0. The van der Waals surface area contributed by atoms with Crippen LogP contribution in [0, 0.1) is 0 Å². The molecule has 0 radical (unpaired) electrons. The molecular weight excluding hydrogens is 280 g/mol. The van der Waals surface area contributed by atoms with Crippen molar-refractivity contribution in [2.24, 2.45) is 0 Å². The van der Waals surface area contributed by atoms with Crippen LogP contribution in [0.4, 0.5) is 0 Å². The summed E-state index contributed by atoms with van der Waals surface area (Å²) in [5.74, 6) is 1.37. The highest BCUT2D eigenvalue weighted by Crippen LogP contribution is 2.17. The van der Waals surface area contributed by atoms with E-state index < -0.39 is 6.10 Å². The summed E-state index contributed by atoms with van der Waals surface area (Å²) in [7, 11) is 0. The van der Waals surface area contributed by atoms with Gasteiger partial charge < -0.3 is 14.6 Å². The van der Waals surface area contributed by atoms with E-state index in [9.17, 15) is 5.11 Å². The van der Waals surface area contributed by atoms with Gasteiger partial charge in [-0.2, -0.15) is 0 Å². The fourth-order valence-corrected chi connectivity index (χ4v) is 1.98. The van der Waals surface area contributed by atoms with Gasteiger partial charge in [-0.1, -0.05) is 18.2 Å². The van der Waals surface area contributed by atoms with Crippen LogP contribution in [0.3, 0.4) is 0 Å². The third-order valence-corrected chi connectivity index (χ3v) is 3.07. The third kappa shape index (κ3) is 3.71. The molecule has 0 aliphatic heterocycles. The molecule has 1 unspecified atom stereocenters. The monoisotopic (exact) mass is 296 g/mol. The number of hydrogen-bond donors (Lipinski definition) is 1. The molecule has 22 heavy (non-hydrogen) atoms. The van der Waals surface area contributed by atoms with Gasteiger partial charge in [0.1, 0.15) is 30.8 Å². The first kappa shape index (κ1) is 14.3. The minimum atomic E-state index is -0.710. The lowest BCUT2D eigenvalue weighted by atomic mass is 10.3. The summed E-state index contributed by atoms with van der Waals surface area (Å²) in [6.07, 6.45) is 2.57. The number of para-hydroxylation sites is 1. The van der Waals surface area contributed by atoms with Gasteiger partial charge >= 0.3 is 0 Å². The molecule has 2 aromatic carbocycles. The van der Waals surface area contributed by atoms with Gasteiger partial charge in [0.25, 0.3) is 0 Å². The Labute approximate surface area is 128 Å². The van der Waals surface area contributed by atoms with E-state index >= 15 is 0 Å². The van der Waals surface area contributed by atoms with Gasteiger partial charge in [0.2, 0.25) is 0 Å². The van der Waals surface area contributed by atoms with Gasteiger partial charge in [-0.25, -0.2) is 0 Å². The predicted octanol–water partition coefficient (Wildman–Crippen LogP) is 2.45. The summed E-state index contributed by atoms with van der Waals surface area (Å²) < 4.78 is 11.0. The number of aliphatic hydroxyl groups excluding tert-OH is 1. The van der Waals surface area contributed by atoms with E-state index in [1.807, 2.05) is 42.5 Å². The molecule has 3 aromatic rings. The summed E-state index contributed by atoms with van der Waals surface area (Å²) in [5, 5.41) is 9.91. The first-order valence-corrected chi connectivity index (χ1v) is 7.01. The van der Waals surface area contributed by atoms with Gasteiger partial charge in [0, 0.05) is 18.5 Å². The van der Waals surface area contributed by atoms with Crippen LogP contribution >= 0.6 is 0 Å². The van der Waals surface area contributed by atoms with Crippen molar-refractivity contribution in [1.82, 2.24) is 9.97 Å². The summed E-state index contributed by atoms with van der Waals surface area (Å²) in [4.78, 5) is 8.41. The minimum absolute atomic E-state index is 0.151. The number of aliphatic hydroxyl groups is 1. The third-order valence-electron chi connectivity index (χ3n) is 3.07. The Bertz CT molecular complexity index is 734. The molecule has 1 heterocycles. The van der Waals surface area contributed by atoms with E-state index in [-0.39, 0.29) is 13.2 Å². The average molecular weight is 296 g/mol. The van der Waals surface area contributed by atoms with Crippen molar-refractivity contribution in [3.05, 3.63) is 60.9 Å². The molecule has 0 fully saturated rings. The average Bonchev–Trinajstić information content (AvgIpc) is 2.59. The van der Waals surface area contributed by atoms with Crippen molar-refractivity contribution >= 4 is 11.0 Å². The molecule has 0 spiro atoms. The molecule has 0 amide bonds. The van der Waals surface area contributed by atoms with Gasteiger partial charge in [0.15, 0.2) is 0 Å². The number of rotatable bonds is 6. The first-order valence-electron chi connectivity index (χ1n) is 7.01. The Hall–Kier alpha value is -2.66. The van der Waals surface area contributed by atoms with Gasteiger partial charge in [-0.3, -0.25) is 9.97 Å². The number of nitrogens with zero attached hydrogens (tertiary/aromatic N) is 2. The van der Waals surface area contributed by atoms with Crippen molar-refractivity contribution in [1.29, 1.82) is 0 Å². The largest absolute Gasteiger partial charge is 0.491 e. The van der Waals surface area contributed by atoms with Crippen LogP contribution in [0.5, 0.6) is 11.5 Å². The highest BCUT2D eigenvalue weighted by molar-refractivity contribution is 5.75. The van der Waals surface area contributed by atoms with Crippen LogP contribution in [0.15, 0.2) is 60.9 Å². The molecule has 5 nitrogen and oxygen atoms in total. The number of ether oxygens (including phenoxy) is 2. The highest BCUT2D eigenvalue weighted by Gasteiger charge is 2.07. The number of aromatic nitrogens is 2. The zero-order valence-corrected chi connectivity index (χ0v) is 11.9. The quantitative estimate of drug-likeness (QED) is 0.757. The van der Waals surface area contributed by atoms with Crippen molar-refractivity contribution in [2.45, 2.75) is 6.10 Å². The van der Waals surface area contributed by atoms with Crippen LogP contribution in [0.1, 0.15) is 0 Å². The van der Waals surface area contributed by atoms with E-state index in [2.05, 4.69) is 9.97 Å². The molecule has 1 atom stereocenters. The summed E-state index contributed by atoms with van der Waals surface area (Å²) in [6.45, 7) is 0.329. The Balaban J connectivity index is 1.52. The standard InChI is InChI=1S/C17H16N2O3/c20-13(11-21-14-4-2-1-3-5-14)12-22-15-6-7-16-17(10-15)19-9-8-18-16/h1-10,13,20H,11-12H2. The molecular formula is C17H16N2O3. The van der Waals surface area contributed by atoms with E-state index in [1.165, 1.54) is 0 Å². The van der Waals surface area contributed by atoms with Crippen LogP contribution in [0.2, 0.25) is 0 Å². The second kappa shape index (κ2) is 6.87. The molecule has 1 N–H and O–H groups in total. The minimum Gasteiger partial charge on any atom is -0.491 e. The lowest BCUT2D eigenvalue weighted by molar-refractivity contribution is 0.0627. The molecule has 1 aromatic heterocycles. The van der Waals surface area contributed by atoms with Crippen LogP contribution in [-0.4, -0.2) is 34.4 Å². The van der Waals surface area contributed by atoms with E-state index in [4.69, 9.17) is 9.47 Å². The number of hydrogen-bond acceptors (Lipinski definition) is 5. The van der Waals surface area contributed by atoms with Gasteiger partial charge in [-0.15, -0.1) is 0 Å². The van der Waals surface area contributed by atoms with E-state index in [1.54, 1.807) is 18.5 Å². The molecule has 5 heteroatoms. The van der Waals surface area contributed by atoms with E-state index in [0.29, 0.717) is 5.75 Å². The first-order chi connectivity index (χ1) is 10.8. The molecule has 112 valence electrons. The summed E-state index contributed by atoms with van der Waals surface area (Å²) in [5.41, 5.74) is 1.57. The molecule has 0 aliphatic carbocycles. The maximum absolute atomic E-state index is 9.91. The fourth-order valence-electron chi connectivity index (χ4n) is 1.98. The Kier molecular flexibility index (Phi) is 4.46. The predicted molar refractivity (Wildman–Crippen MR) is 83.0 cm³/mol. The zero-order valence-electron chi connectivity index (χ0n) is 11.9. The van der Waals surface area contributed by atoms with Crippen molar-refractivity contribution in [2.75, 3.05) is 13.2 Å².